The van der Waals surface area contributed by atoms with Crippen molar-refractivity contribution in [2.45, 2.75) is 19.8 Å². The number of allylic oxidation sites excluding steroid dienone is 1. The van der Waals surface area contributed by atoms with E-state index in [1.165, 1.54) is 18.9 Å². The minimum Gasteiger partial charge on any atom is -0.468 e. The summed E-state index contributed by atoms with van der Waals surface area (Å²) in [5, 5.41) is 12.9. The van der Waals surface area contributed by atoms with E-state index in [2.05, 4.69) is 18.0 Å². The maximum Gasteiger partial charge on any atom is 0.319 e. The summed E-state index contributed by atoms with van der Waals surface area (Å²) in [7, 11) is 1.24. The molecular formula is C19H20N2O3S. The van der Waals surface area contributed by atoms with Gasteiger partial charge in [-0.3, -0.25) is 9.59 Å². The van der Waals surface area contributed by atoms with Crippen molar-refractivity contribution in [1.82, 2.24) is 5.32 Å². The second-order valence-corrected chi connectivity index (χ2v) is 6.96. The van der Waals surface area contributed by atoms with Crippen LogP contribution in [0.4, 0.5) is 0 Å². The van der Waals surface area contributed by atoms with Crippen LogP contribution in [0.2, 0.25) is 0 Å². The fourth-order valence-corrected chi connectivity index (χ4v) is 3.54. The van der Waals surface area contributed by atoms with Crippen molar-refractivity contribution in [2.24, 2.45) is 5.92 Å². The van der Waals surface area contributed by atoms with Crippen LogP contribution in [-0.2, 0) is 14.3 Å². The highest BCUT2D eigenvalue weighted by Gasteiger charge is 2.44. The Kier molecular flexibility index (Phi) is 6.05. The lowest BCUT2D eigenvalue weighted by Crippen LogP contribution is -2.44. The molecule has 1 heterocycles. The first-order chi connectivity index (χ1) is 11.9. The molecule has 0 saturated heterocycles. The van der Waals surface area contributed by atoms with Gasteiger partial charge in [0.25, 0.3) is 0 Å². The Hall–Kier alpha value is -2.52. The number of nitriles is 1. The first kappa shape index (κ1) is 18.8. The number of thioether (sulfide) groups is 1. The molecule has 1 N–H and O–H groups in total. The molecule has 0 aliphatic carbocycles. The lowest BCUT2D eigenvalue weighted by atomic mass is 9.78. The molecule has 1 aliphatic heterocycles. The molecule has 0 bridgehead atoms. The van der Waals surface area contributed by atoms with Gasteiger partial charge >= 0.3 is 5.97 Å². The summed E-state index contributed by atoms with van der Waals surface area (Å²) >= 11 is 1.34. The van der Waals surface area contributed by atoms with Gasteiger partial charge in [-0.1, -0.05) is 42.0 Å². The van der Waals surface area contributed by atoms with Crippen LogP contribution in [0.5, 0.6) is 0 Å². The Labute approximate surface area is 151 Å². The van der Waals surface area contributed by atoms with E-state index in [-0.39, 0.29) is 0 Å². The van der Waals surface area contributed by atoms with E-state index in [9.17, 15) is 14.9 Å². The highest BCUT2D eigenvalue weighted by Crippen LogP contribution is 2.40. The summed E-state index contributed by atoms with van der Waals surface area (Å²) in [4.78, 5) is 24.8. The topological polar surface area (TPSA) is 79.2 Å². The number of ether oxygens (including phenoxy) is 1. The van der Waals surface area contributed by atoms with Crippen LogP contribution in [0.3, 0.4) is 0 Å². The molecule has 2 atom stereocenters. The summed E-state index contributed by atoms with van der Waals surface area (Å²) in [5.74, 6) is -2.29. The van der Waals surface area contributed by atoms with Crippen molar-refractivity contribution < 1.29 is 14.3 Å². The molecule has 25 heavy (non-hydrogen) atoms. The van der Waals surface area contributed by atoms with Crippen molar-refractivity contribution >= 4 is 23.6 Å². The minimum atomic E-state index is -1.09. The Morgan fingerprint density at radius 2 is 2.04 bits per heavy atom. The summed E-state index contributed by atoms with van der Waals surface area (Å²) in [6.45, 7) is 7.66. The molecule has 1 aromatic rings. The maximum absolute atomic E-state index is 12.6. The van der Waals surface area contributed by atoms with Crippen molar-refractivity contribution in [3.63, 3.8) is 0 Å². The third kappa shape index (κ3) is 4.12. The summed E-state index contributed by atoms with van der Waals surface area (Å²) < 4.78 is 4.81. The van der Waals surface area contributed by atoms with Gasteiger partial charge in [0.05, 0.1) is 23.8 Å². The average Bonchev–Trinajstić information content (AvgIpc) is 2.59. The Morgan fingerprint density at radius 1 is 1.40 bits per heavy atom. The number of nitrogens with zero attached hydrogens (tertiary/aromatic N) is 1. The van der Waals surface area contributed by atoms with Gasteiger partial charge in [0.1, 0.15) is 5.92 Å². The first-order valence-electron chi connectivity index (χ1n) is 7.75. The Bertz CT molecular complexity index is 775. The van der Waals surface area contributed by atoms with Crippen LogP contribution >= 0.6 is 11.8 Å². The van der Waals surface area contributed by atoms with Gasteiger partial charge in [-0.05, 0) is 19.4 Å². The molecule has 6 heteroatoms. The number of aryl methyl sites for hydroxylation is 1. The summed E-state index contributed by atoms with van der Waals surface area (Å²) in [6, 6.07) is 9.65. The zero-order chi connectivity index (χ0) is 18.6. The second-order valence-electron chi connectivity index (χ2n) is 5.98. The molecule has 2 rings (SSSR count). The normalized spacial score (nSPS) is 19.8. The Balaban J connectivity index is 2.57. The minimum absolute atomic E-state index is 0.366. The smallest absolute Gasteiger partial charge is 0.319 e. The van der Waals surface area contributed by atoms with Crippen molar-refractivity contribution in [1.29, 1.82) is 5.26 Å². The number of benzene rings is 1. The van der Waals surface area contributed by atoms with E-state index in [0.29, 0.717) is 16.4 Å². The number of carbonyl (C=O) groups is 2. The van der Waals surface area contributed by atoms with Crippen LogP contribution in [0.1, 0.15) is 24.0 Å². The largest absolute Gasteiger partial charge is 0.468 e. The average molecular weight is 356 g/mol. The number of carbonyl (C=O) groups excluding carboxylic acids is 2. The van der Waals surface area contributed by atoms with Gasteiger partial charge in [0, 0.05) is 11.7 Å². The molecule has 1 aliphatic rings. The molecule has 0 fully saturated rings. The fourth-order valence-electron chi connectivity index (χ4n) is 2.65. The molecular weight excluding hydrogens is 336 g/mol. The van der Waals surface area contributed by atoms with Crippen molar-refractivity contribution in [3.05, 3.63) is 58.1 Å². The maximum atomic E-state index is 12.6. The quantitative estimate of drug-likeness (QED) is 0.498. The third-order valence-electron chi connectivity index (χ3n) is 3.88. The molecule has 0 radical (unpaired) electrons. The molecule has 130 valence electrons. The Morgan fingerprint density at radius 3 is 2.56 bits per heavy atom. The van der Waals surface area contributed by atoms with Gasteiger partial charge in [0.2, 0.25) is 5.91 Å². The van der Waals surface area contributed by atoms with Gasteiger partial charge in [-0.15, -0.1) is 11.8 Å². The van der Waals surface area contributed by atoms with E-state index in [0.717, 1.165) is 16.7 Å². The highest BCUT2D eigenvalue weighted by atomic mass is 32.2. The van der Waals surface area contributed by atoms with Crippen LogP contribution in [0, 0.1) is 24.2 Å². The molecule has 1 amide bonds. The standard InChI is InChI=1S/C19H20N2O3S/c1-11(2)10-25-18-14(9-20)15(13-7-5-12(3)6-8-13)16(17(22)21-18)19(23)24-4/h5-8,15-16H,1,10H2,2-4H3,(H,21,22)/t15-,16-/m1/s1. The lowest BCUT2D eigenvalue weighted by Gasteiger charge is -2.31. The van der Waals surface area contributed by atoms with E-state index in [1.807, 2.05) is 38.1 Å². The number of methoxy groups -OCH3 is 1. The summed E-state index contributed by atoms with van der Waals surface area (Å²) in [5.41, 5.74) is 3.08. The summed E-state index contributed by atoms with van der Waals surface area (Å²) in [6.07, 6.45) is 0. The third-order valence-corrected chi connectivity index (χ3v) is 5.13. The van der Waals surface area contributed by atoms with E-state index < -0.39 is 23.7 Å². The van der Waals surface area contributed by atoms with Gasteiger partial charge in [0.15, 0.2) is 0 Å². The van der Waals surface area contributed by atoms with Crippen molar-refractivity contribution in [2.75, 3.05) is 12.9 Å². The number of nitrogens with one attached hydrogen (secondary N) is 1. The first-order valence-corrected chi connectivity index (χ1v) is 8.74. The van der Waals surface area contributed by atoms with Crippen LogP contribution in [0.25, 0.3) is 0 Å². The molecule has 0 saturated carbocycles. The van der Waals surface area contributed by atoms with Crippen LogP contribution in [0.15, 0.2) is 47.0 Å². The molecule has 5 nitrogen and oxygen atoms in total. The number of rotatable bonds is 5. The predicted molar refractivity (Wildman–Crippen MR) is 97.5 cm³/mol. The van der Waals surface area contributed by atoms with E-state index >= 15 is 0 Å². The number of esters is 1. The van der Waals surface area contributed by atoms with Crippen molar-refractivity contribution in [3.8, 4) is 6.07 Å². The van der Waals surface area contributed by atoms with Crippen LogP contribution < -0.4 is 5.32 Å². The van der Waals surface area contributed by atoms with Gasteiger partial charge in [-0.25, -0.2) is 0 Å². The van der Waals surface area contributed by atoms with Gasteiger partial charge < -0.3 is 10.1 Å². The van der Waals surface area contributed by atoms with Crippen LogP contribution in [-0.4, -0.2) is 24.7 Å². The monoisotopic (exact) mass is 356 g/mol. The zero-order valence-electron chi connectivity index (χ0n) is 14.5. The zero-order valence-corrected chi connectivity index (χ0v) is 15.3. The molecule has 0 unspecified atom stereocenters. The fraction of sp³-hybridized carbons (Fsp3) is 0.316. The van der Waals surface area contributed by atoms with E-state index in [4.69, 9.17) is 4.74 Å². The predicted octanol–water partition coefficient (Wildman–Crippen LogP) is 3.04. The second kappa shape index (κ2) is 8.04. The SMILES string of the molecule is C=C(C)CSC1=C(C#N)[C@@H](c2ccc(C)cc2)[C@@H](C(=O)OC)C(=O)N1. The number of amides is 1. The van der Waals surface area contributed by atoms with E-state index in [1.54, 1.807) is 0 Å². The van der Waals surface area contributed by atoms with Gasteiger partial charge in [-0.2, -0.15) is 5.26 Å². The highest BCUT2D eigenvalue weighted by molar-refractivity contribution is 8.03. The molecule has 1 aromatic carbocycles. The molecule has 0 spiro atoms. The number of hydrogen-bond donors (Lipinski definition) is 1. The molecule has 0 aromatic heterocycles. The number of hydrogen-bond acceptors (Lipinski definition) is 5. The lowest BCUT2D eigenvalue weighted by molar-refractivity contribution is -0.150.